The van der Waals surface area contributed by atoms with Gasteiger partial charge in [-0.05, 0) is 39.4 Å². The predicted octanol–water partition coefficient (Wildman–Crippen LogP) is 7.72. The molecule has 0 saturated heterocycles. The van der Waals surface area contributed by atoms with Crippen molar-refractivity contribution >= 4 is 20.3 Å². The standard InChI is InChI=1S/C32H22O2S/c33-35(34)30-14-8-7-13-29(30)31(27-19-15-25(16-20-27)23-9-3-1-4-10-23)32(35)28-21-17-26(18-22-28)24-11-5-2-6-12-24/h1-22H. The van der Waals surface area contributed by atoms with E-state index in [1.165, 1.54) is 0 Å². The average molecular weight is 471 g/mol. The number of hydrogen-bond donors (Lipinski definition) is 0. The Labute approximate surface area is 205 Å². The van der Waals surface area contributed by atoms with E-state index in [-0.39, 0.29) is 0 Å². The van der Waals surface area contributed by atoms with Gasteiger partial charge in [-0.3, -0.25) is 0 Å². The molecule has 0 fully saturated rings. The summed E-state index contributed by atoms with van der Waals surface area (Å²) in [6, 6.07) is 43.5. The maximum absolute atomic E-state index is 13.8. The highest BCUT2D eigenvalue weighted by molar-refractivity contribution is 8.01. The second kappa shape index (κ2) is 8.53. The zero-order chi connectivity index (χ0) is 23.8. The van der Waals surface area contributed by atoms with Gasteiger partial charge in [-0.2, -0.15) is 0 Å². The molecule has 168 valence electrons. The van der Waals surface area contributed by atoms with Crippen molar-refractivity contribution in [2.24, 2.45) is 0 Å². The van der Waals surface area contributed by atoms with E-state index in [4.69, 9.17) is 0 Å². The van der Waals surface area contributed by atoms with Crippen molar-refractivity contribution in [3.63, 3.8) is 0 Å². The maximum atomic E-state index is 13.8. The van der Waals surface area contributed by atoms with Crippen molar-refractivity contribution in [3.8, 4) is 22.3 Å². The molecule has 0 N–H and O–H groups in total. The first-order chi connectivity index (χ1) is 17.1. The molecule has 0 spiro atoms. The van der Waals surface area contributed by atoms with Gasteiger partial charge in [0.15, 0.2) is 0 Å². The van der Waals surface area contributed by atoms with Crippen LogP contribution in [0, 0.1) is 0 Å². The van der Waals surface area contributed by atoms with Gasteiger partial charge in [-0.15, -0.1) is 0 Å². The second-order valence-electron chi connectivity index (χ2n) is 8.59. The minimum absolute atomic E-state index is 0.365. The number of fused-ring (bicyclic) bond motifs is 1. The molecule has 1 heterocycles. The molecule has 5 aromatic carbocycles. The maximum Gasteiger partial charge on any atom is 0.208 e. The van der Waals surface area contributed by atoms with Crippen LogP contribution in [0.15, 0.2) is 138 Å². The summed E-state index contributed by atoms with van der Waals surface area (Å²) in [5, 5.41) is 0. The largest absolute Gasteiger partial charge is 0.218 e. The van der Waals surface area contributed by atoms with E-state index in [0.29, 0.717) is 15.4 Å². The molecule has 0 amide bonds. The first kappa shape index (κ1) is 21.3. The first-order valence-electron chi connectivity index (χ1n) is 11.5. The minimum Gasteiger partial charge on any atom is -0.218 e. The van der Waals surface area contributed by atoms with Crippen molar-refractivity contribution in [1.82, 2.24) is 0 Å². The summed E-state index contributed by atoms with van der Waals surface area (Å²) in [7, 11) is -3.66. The molecule has 0 saturated carbocycles. The van der Waals surface area contributed by atoms with E-state index in [9.17, 15) is 8.42 Å². The van der Waals surface area contributed by atoms with Gasteiger partial charge in [0.2, 0.25) is 9.84 Å². The quantitative estimate of drug-likeness (QED) is 0.269. The van der Waals surface area contributed by atoms with Crippen LogP contribution in [0.25, 0.3) is 32.7 Å². The van der Waals surface area contributed by atoms with Gasteiger partial charge in [0.25, 0.3) is 0 Å². The lowest BCUT2D eigenvalue weighted by molar-refractivity contribution is 0.606. The molecule has 5 aromatic rings. The van der Waals surface area contributed by atoms with E-state index < -0.39 is 9.84 Å². The van der Waals surface area contributed by atoms with E-state index in [2.05, 4.69) is 36.4 Å². The van der Waals surface area contributed by atoms with Crippen LogP contribution in [-0.2, 0) is 9.84 Å². The van der Waals surface area contributed by atoms with E-state index in [0.717, 1.165) is 39.0 Å². The summed E-state index contributed by atoms with van der Waals surface area (Å²) >= 11 is 0. The third-order valence-corrected chi connectivity index (χ3v) is 8.39. The van der Waals surface area contributed by atoms with Crippen LogP contribution in [0.4, 0.5) is 0 Å². The van der Waals surface area contributed by atoms with Crippen molar-refractivity contribution in [3.05, 3.63) is 150 Å². The lowest BCUT2D eigenvalue weighted by Gasteiger charge is -2.11. The van der Waals surface area contributed by atoms with Gasteiger partial charge in [0, 0.05) is 11.1 Å². The fourth-order valence-corrected chi connectivity index (χ4v) is 6.65. The SMILES string of the molecule is O=S1(=O)C(c2ccc(-c3ccccc3)cc2)=C(c2ccc(-c3ccccc3)cc2)c2ccccc21. The molecule has 0 unspecified atom stereocenters. The highest BCUT2D eigenvalue weighted by atomic mass is 32.2. The van der Waals surface area contributed by atoms with E-state index in [1.54, 1.807) is 12.1 Å². The van der Waals surface area contributed by atoms with Gasteiger partial charge in [0.1, 0.15) is 0 Å². The Morgan fingerprint density at radius 3 is 1.31 bits per heavy atom. The average Bonchev–Trinajstić information content (AvgIpc) is 3.17. The molecule has 1 aliphatic heterocycles. The summed E-state index contributed by atoms with van der Waals surface area (Å²) in [4.78, 5) is 0.732. The molecule has 0 aliphatic carbocycles. The highest BCUT2D eigenvalue weighted by Crippen LogP contribution is 2.47. The lowest BCUT2D eigenvalue weighted by atomic mass is 9.93. The third-order valence-electron chi connectivity index (χ3n) is 6.48. The van der Waals surface area contributed by atoms with Crippen LogP contribution in [0.1, 0.15) is 16.7 Å². The zero-order valence-corrected chi connectivity index (χ0v) is 19.7. The Morgan fingerprint density at radius 2 is 0.771 bits per heavy atom. The minimum atomic E-state index is -3.66. The van der Waals surface area contributed by atoms with Crippen molar-refractivity contribution < 1.29 is 8.42 Å². The van der Waals surface area contributed by atoms with Crippen LogP contribution in [-0.4, -0.2) is 8.42 Å². The van der Waals surface area contributed by atoms with Gasteiger partial charge in [-0.25, -0.2) is 8.42 Å². The number of sulfone groups is 1. The molecule has 1 aliphatic rings. The number of benzene rings is 5. The normalized spacial score (nSPS) is 14.1. The summed E-state index contributed by atoms with van der Waals surface area (Å²) in [6.07, 6.45) is 0. The lowest BCUT2D eigenvalue weighted by Crippen LogP contribution is -2.00. The first-order valence-corrected chi connectivity index (χ1v) is 13.0. The molecule has 35 heavy (non-hydrogen) atoms. The van der Waals surface area contributed by atoms with Crippen molar-refractivity contribution in [1.29, 1.82) is 0 Å². The second-order valence-corrected chi connectivity index (χ2v) is 10.4. The Morgan fingerprint density at radius 1 is 0.371 bits per heavy atom. The van der Waals surface area contributed by atoms with Gasteiger partial charge in [-0.1, -0.05) is 127 Å². The van der Waals surface area contributed by atoms with Gasteiger partial charge in [0.05, 0.1) is 9.80 Å². The zero-order valence-electron chi connectivity index (χ0n) is 18.9. The molecule has 0 atom stereocenters. The highest BCUT2D eigenvalue weighted by Gasteiger charge is 2.36. The van der Waals surface area contributed by atoms with E-state index in [1.807, 2.05) is 84.9 Å². The Hall–Kier alpha value is -4.21. The van der Waals surface area contributed by atoms with Crippen molar-refractivity contribution in [2.75, 3.05) is 0 Å². The fraction of sp³-hybridized carbons (Fsp3) is 0. The molecule has 0 radical (unpaired) electrons. The van der Waals surface area contributed by atoms with Crippen LogP contribution in [0.2, 0.25) is 0 Å². The topological polar surface area (TPSA) is 34.1 Å². The summed E-state index contributed by atoms with van der Waals surface area (Å²) < 4.78 is 27.5. The summed E-state index contributed by atoms with van der Waals surface area (Å²) in [6.45, 7) is 0. The molecular weight excluding hydrogens is 448 g/mol. The van der Waals surface area contributed by atoms with Gasteiger partial charge >= 0.3 is 0 Å². The molecule has 0 bridgehead atoms. The smallest absolute Gasteiger partial charge is 0.208 e. The number of hydrogen-bond acceptors (Lipinski definition) is 2. The molecule has 0 aromatic heterocycles. The van der Waals surface area contributed by atoms with Crippen molar-refractivity contribution in [2.45, 2.75) is 4.90 Å². The van der Waals surface area contributed by atoms with Crippen LogP contribution < -0.4 is 0 Å². The molecule has 2 nitrogen and oxygen atoms in total. The van der Waals surface area contributed by atoms with Crippen LogP contribution in [0.5, 0.6) is 0 Å². The number of rotatable bonds is 4. The van der Waals surface area contributed by atoms with Gasteiger partial charge < -0.3 is 0 Å². The summed E-state index contributed by atoms with van der Waals surface area (Å²) in [5.41, 5.74) is 7.47. The third kappa shape index (κ3) is 3.71. The van der Waals surface area contributed by atoms with Crippen LogP contribution >= 0.6 is 0 Å². The monoisotopic (exact) mass is 470 g/mol. The molecule has 6 rings (SSSR count). The molecular formula is C32H22O2S. The fourth-order valence-electron chi connectivity index (χ4n) is 4.76. The Balaban J connectivity index is 1.51. The Kier molecular flexibility index (Phi) is 5.20. The Bertz CT molecular complexity index is 1650. The van der Waals surface area contributed by atoms with Crippen LogP contribution in [0.3, 0.4) is 0 Å². The summed E-state index contributed by atoms with van der Waals surface area (Å²) in [5.74, 6) is 0. The predicted molar refractivity (Wildman–Crippen MR) is 143 cm³/mol. The molecule has 3 heteroatoms. The van der Waals surface area contributed by atoms with E-state index >= 15 is 0 Å².